The van der Waals surface area contributed by atoms with Crippen LogP contribution in [0.3, 0.4) is 0 Å². The molecule has 0 spiro atoms. The van der Waals surface area contributed by atoms with Crippen molar-refractivity contribution in [3.63, 3.8) is 0 Å². The van der Waals surface area contributed by atoms with E-state index in [0.29, 0.717) is 23.3 Å². The zero-order valence-electron chi connectivity index (χ0n) is 17.0. The maximum Gasteiger partial charge on any atom is 0.329 e. The van der Waals surface area contributed by atoms with Crippen LogP contribution in [0.5, 0.6) is 5.75 Å². The lowest BCUT2D eigenvalue weighted by Gasteiger charge is -2.26. The summed E-state index contributed by atoms with van der Waals surface area (Å²) in [5.74, 6) is -0.640. The highest BCUT2D eigenvalue weighted by Gasteiger charge is 2.34. The van der Waals surface area contributed by atoms with E-state index in [9.17, 15) is 14.7 Å². The second kappa shape index (κ2) is 9.04. The highest BCUT2D eigenvalue weighted by Crippen LogP contribution is 2.36. The molecule has 0 bridgehead atoms. The summed E-state index contributed by atoms with van der Waals surface area (Å²) < 4.78 is 6.21. The predicted molar refractivity (Wildman–Crippen MR) is 115 cm³/mol. The largest absolute Gasteiger partial charge is 0.492 e. The summed E-state index contributed by atoms with van der Waals surface area (Å²) in [6, 6.07) is 9.11. The number of carbonyl (C=O) groups excluding carboxylic acids is 1. The van der Waals surface area contributed by atoms with Gasteiger partial charge in [-0.05, 0) is 38.2 Å². The lowest BCUT2D eigenvalue weighted by atomic mass is 9.90. The average Bonchev–Trinajstić information content (AvgIpc) is 2.73. The van der Waals surface area contributed by atoms with Crippen molar-refractivity contribution in [2.24, 2.45) is 5.92 Å². The summed E-state index contributed by atoms with van der Waals surface area (Å²) in [7, 11) is 0. The lowest BCUT2D eigenvalue weighted by Crippen LogP contribution is -2.51. The number of carboxylic acids is 1. The van der Waals surface area contributed by atoms with Gasteiger partial charge in [-0.1, -0.05) is 62.1 Å². The SMILES string of the molecule is CCC(C)(NC(=O)c1cc(Cl)c2ccccc2c1OCC1CCCCC1)C(=O)O. The van der Waals surface area contributed by atoms with Gasteiger partial charge in [0.15, 0.2) is 0 Å². The van der Waals surface area contributed by atoms with Crippen molar-refractivity contribution < 1.29 is 19.4 Å². The number of hydrogen-bond donors (Lipinski definition) is 2. The van der Waals surface area contributed by atoms with E-state index in [0.717, 1.165) is 23.6 Å². The third kappa shape index (κ3) is 4.67. The van der Waals surface area contributed by atoms with Gasteiger partial charge in [0.1, 0.15) is 11.3 Å². The highest BCUT2D eigenvalue weighted by atomic mass is 35.5. The first kappa shape index (κ1) is 21.4. The molecule has 1 saturated carbocycles. The van der Waals surface area contributed by atoms with Crippen LogP contribution in [0.4, 0.5) is 0 Å². The summed E-state index contributed by atoms with van der Waals surface area (Å²) in [6.45, 7) is 3.76. The molecule has 1 unspecified atom stereocenters. The van der Waals surface area contributed by atoms with Crippen molar-refractivity contribution in [1.29, 1.82) is 0 Å². The molecule has 0 heterocycles. The van der Waals surface area contributed by atoms with E-state index >= 15 is 0 Å². The fraction of sp³-hybridized carbons (Fsp3) is 0.478. The van der Waals surface area contributed by atoms with Gasteiger partial charge >= 0.3 is 5.97 Å². The fourth-order valence-corrected chi connectivity index (χ4v) is 4.07. The first-order valence-corrected chi connectivity index (χ1v) is 10.6. The normalized spacial score (nSPS) is 16.9. The molecule has 5 nitrogen and oxygen atoms in total. The fourth-order valence-electron chi connectivity index (χ4n) is 3.79. The molecule has 2 aromatic rings. The Morgan fingerprint density at radius 2 is 1.86 bits per heavy atom. The van der Waals surface area contributed by atoms with Gasteiger partial charge in [-0.25, -0.2) is 4.79 Å². The lowest BCUT2D eigenvalue weighted by molar-refractivity contribution is -0.143. The Morgan fingerprint density at radius 3 is 2.48 bits per heavy atom. The van der Waals surface area contributed by atoms with Crippen LogP contribution in [-0.4, -0.2) is 29.1 Å². The summed E-state index contributed by atoms with van der Waals surface area (Å²) in [5, 5.41) is 14.2. The molecule has 0 aromatic heterocycles. The molecule has 29 heavy (non-hydrogen) atoms. The van der Waals surface area contributed by atoms with E-state index in [2.05, 4.69) is 5.32 Å². The van der Waals surface area contributed by atoms with Crippen molar-refractivity contribution in [3.05, 3.63) is 40.9 Å². The zero-order chi connectivity index (χ0) is 21.0. The van der Waals surface area contributed by atoms with Crippen molar-refractivity contribution in [1.82, 2.24) is 5.32 Å². The molecule has 6 heteroatoms. The van der Waals surface area contributed by atoms with Crippen LogP contribution in [-0.2, 0) is 4.79 Å². The van der Waals surface area contributed by atoms with Crippen LogP contribution in [0.1, 0.15) is 62.7 Å². The van der Waals surface area contributed by atoms with Gasteiger partial charge in [-0.15, -0.1) is 0 Å². The van der Waals surface area contributed by atoms with E-state index in [4.69, 9.17) is 16.3 Å². The van der Waals surface area contributed by atoms with Gasteiger partial charge in [-0.3, -0.25) is 4.79 Å². The average molecular weight is 418 g/mol. The predicted octanol–water partition coefficient (Wildman–Crippen LogP) is 5.44. The standard InChI is InChI=1S/C23H28ClNO4/c1-3-23(2,22(27)28)25-21(26)18-13-19(24)16-11-7-8-12-17(16)20(18)29-14-15-9-5-4-6-10-15/h7-8,11-13,15H,3-6,9-10,14H2,1-2H3,(H,25,26)(H,27,28). The van der Waals surface area contributed by atoms with Gasteiger partial charge in [0.05, 0.1) is 12.2 Å². The van der Waals surface area contributed by atoms with E-state index in [-0.39, 0.29) is 12.0 Å². The van der Waals surface area contributed by atoms with Crippen molar-refractivity contribution >= 4 is 34.2 Å². The molecule has 1 aliphatic carbocycles. The summed E-state index contributed by atoms with van der Waals surface area (Å²) >= 11 is 6.44. The third-order valence-electron chi connectivity index (χ3n) is 5.95. The Morgan fingerprint density at radius 1 is 1.21 bits per heavy atom. The van der Waals surface area contributed by atoms with Gasteiger partial charge < -0.3 is 15.2 Å². The highest BCUT2D eigenvalue weighted by molar-refractivity contribution is 6.36. The first-order valence-electron chi connectivity index (χ1n) is 10.3. The number of nitrogens with one attached hydrogen (secondary N) is 1. The van der Waals surface area contributed by atoms with E-state index in [1.54, 1.807) is 13.0 Å². The van der Waals surface area contributed by atoms with Crippen LogP contribution in [0.15, 0.2) is 30.3 Å². The number of rotatable bonds is 7. The number of aliphatic carboxylic acids is 1. The molecule has 2 aromatic carbocycles. The quantitative estimate of drug-likeness (QED) is 0.629. The molecule has 156 valence electrons. The smallest absolute Gasteiger partial charge is 0.329 e. The first-order chi connectivity index (χ1) is 13.9. The third-order valence-corrected chi connectivity index (χ3v) is 6.26. The molecule has 3 rings (SSSR count). The Bertz CT molecular complexity index is 907. The molecule has 1 amide bonds. The monoisotopic (exact) mass is 417 g/mol. The molecule has 0 aliphatic heterocycles. The van der Waals surface area contributed by atoms with Crippen LogP contribution < -0.4 is 10.1 Å². The summed E-state index contributed by atoms with van der Waals surface area (Å²) in [4.78, 5) is 24.7. The number of carboxylic acid groups (broad SMARTS) is 1. The number of halogens is 1. The number of ether oxygens (including phenoxy) is 1. The maximum atomic E-state index is 13.1. The van der Waals surface area contributed by atoms with E-state index in [1.165, 1.54) is 26.2 Å². The Kier molecular flexibility index (Phi) is 6.68. The van der Waals surface area contributed by atoms with Gasteiger partial charge in [0, 0.05) is 15.8 Å². The Labute approximate surface area is 176 Å². The molecule has 1 atom stereocenters. The number of amides is 1. The minimum Gasteiger partial charge on any atom is -0.492 e. The number of benzene rings is 2. The van der Waals surface area contributed by atoms with Gasteiger partial charge in [-0.2, -0.15) is 0 Å². The molecule has 1 aliphatic rings. The van der Waals surface area contributed by atoms with Crippen molar-refractivity contribution in [2.75, 3.05) is 6.61 Å². The number of hydrogen-bond acceptors (Lipinski definition) is 3. The molecule has 1 fully saturated rings. The summed E-state index contributed by atoms with van der Waals surface area (Å²) in [5.41, 5.74) is -1.10. The molecule has 2 N–H and O–H groups in total. The van der Waals surface area contributed by atoms with Crippen LogP contribution in [0.25, 0.3) is 10.8 Å². The maximum absolute atomic E-state index is 13.1. The van der Waals surface area contributed by atoms with Crippen molar-refractivity contribution in [3.8, 4) is 5.75 Å². The number of fused-ring (bicyclic) bond motifs is 1. The second-order valence-electron chi connectivity index (χ2n) is 8.04. The topological polar surface area (TPSA) is 75.6 Å². The van der Waals surface area contributed by atoms with Crippen LogP contribution in [0.2, 0.25) is 5.02 Å². The molecule has 0 radical (unpaired) electrons. The molecular weight excluding hydrogens is 390 g/mol. The molecular formula is C23H28ClNO4. The van der Waals surface area contributed by atoms with Crippen LogP contribution in [0, 0.1) is 5.92 Å². The second-order valence-corrected chi connectivity index (χ2v) is 8.45. The zero-order valence-corrected chi connectivity index (χ0v) is 17.7. The van der Waals surface area contributed by atoms with Gasteiger partial charge in [0.25, 0.3) is 5.91 Å². The summed E-state index contributed by atoms with van der Waals surface area (Å²) in [6.07, 6.45) is 6.18. The van der Waals surface area contributed by atoms with E-state index in [1.807, 2.05) is 24.3 Å². The van der Waals surface area contributed by atoms with Crippen molar-refractivity contribution in [2.45, 2.75) is 57.9 Å². The Balaban J connectivity index is 1.98. The van der Waals surface area contributed by atoms with Crippen LogP contribution >= 0.6 is 11.6 Å². The Hall–Kier alpha value is -2.27. The molecule has 0 saturated heterocycles. The van der Waals surface area contributed by atoms with E-state index < -0.39 is 17.4 Å². The number of carbonyl (C=O) groups is 2. The van der Waals surface area contributed by atoms with Gasteiger partial charge in [0.2, 0.25) is 0 Å². The minimum absolute atomic E-state index is 0.258. The minimum atomic E-state index is -1.37.